The van der Waals surface area contributed by atoms with E-state index in [0.717, 1.165) is 23.7 Å². The van der Waals surface area contributed by atoms with Crippen molar-refractivity contribution in [2.24, 2.45) is 10.9 Å². The maximum absolute atomic E-state index is 13.1. The molecule has 4 rings (SSSR count). The summed E-state index contributed by atoms with van der Waals surface area (Å²) in [5.74, 6) is 1.62. The SMILES string of the molecule is CCC(C(=O)O[C@H](C)CC(C)(C)O)[C@H]1CN(C2=Nc3cc(Cl)ccc3Oc3ccccc32)CCN1. The number of aliphatic imine (C=N–C) groups is 1. The van der Waals surface area contributed by atoms with E-state index in [1.807, 2.05) is 44.2 Å². The van der Waals surface area contributed by atoms with Gasteiger partial charge in [0.15, 0.2) is 5.75 Å². The topological polar surface area (TPSA) is 83.4 Å². The second-order valence-corrected chi connectivity index (χ2v) is 10.4. The van der Waals surface area contributed by atoms with Crippen molar-refractivity contribution >= 4 is 29.1 Å². The molecule has 2 aliphatic rings. The number of amidine groups is 1. The highest BCUT2D eigenvalue weighted by molar-refractivity contribution is 6.31. The fourth-order valence-electron chi connectivity index (χ4n) is 4.82. The van der Waals surface area contributed by atoms with Crippen LogP contribution in [0.15, 0.2) is 47.5 Å². The standard InChI is InChI=1S/C27H34ClN3O4/c1-5-19(26(32)34-17(2)15-27(3,4)33)22-16-31(13-12-29-22)25-20-8-6-7-9-23(20)35-24-11-10-18(28)14-21(24)30-25/h6-11,14,17,19,22,29,33H,5,12-13,15-16H2,1-4H3/t17-,19?,22-/m1/s1. The third kappa shape index (κ3) is 6.15. The number of piperazine rings is 1. The first-order chi connectivity index (χ1) is 16.6. The molecule has 3 atom stereocenters. The van der Waals surface area contributed by atoms with Crippen LogP contribution < -0.4 is 10.1 Å². The Labute approximate surface area is 212 Å². The summed E-state index contributed by atoms with van der Waals surface area (Å²) >= 11 is 6.26. The average Bonchev–Trinajstić information content (AvgIpc) is 2.95. The maximum atomic E-state index is 13.1. The Morgan fingerprint density at radius 1 is 1.31 bits per heavy atom. The number of carbonyl (C=O) groups excluding carboxylic acids is 1. The highest BCUT2D eigenvalue weighted by Crippen LogP contribution is 2.39. The molecule has 2 N–H and O–H groups in total. The van der Waals surface area contributed by atoms with Gasteiger partial charge in [-0.2, -0.15) is 0 Å². The zero-order valence-electron chi connectivity index (χ0n) is 20.8. The van der Waals surface area contributed by atoms with Crippen molar-refractivity contribution in [3.63, 3.8) is 0 Å². The molecule has 8 heteroatoms. The molecule has 0 radical (unpaired) electrons. The normalized spacial score (nSPS) is 19.4. The van der Waals surface area contributed by atoms with Crippen LogP contribution in [0.1, 0.15) is 46.1 Å². The van der Waals surface area contributed by atoms with Gasteiger partial charge in [0.2, 0.25) is 0 Å². The van der Waals surface area contributed by atoms with E-state index in [4.69, 9.17) is 26.1 Å². The van der Waals surface area contributed by atoms with Crippen molar-refractivity contribution < 1.29 is 19.4 Å². The van der Waals surface area contributed by atoms with Crippen LogP contribution in [0, 0.1) is 5.92 Å². The van der Waals surface area contributed by atoms with E-state index >= 15 is 0 Å². The number of ether oxygens (including phenoxy) is 2. The van der Waals surface area contributed by atoms with Crippen LogP contribution in [0.3, 0.4) is 0 Å². The molecule has 2 aromatic carbocycles. The minimum absolute atomic E-state index is 0.103. The number of hydrogen-bond donors (Lipinski definition) is 2. The number of rotatable bonds is 6. The average molecular weight is 500 g/mol. The van der Waals surface area contributed by atoms with Gasteiger partial charge < -0.3 is 24.8 Å². The molecular formula is C27H34ClN3O4. The Balaban J connectivity index is 1.58. The largest absolute Gasteiger partial charge is 0.462 e. The Morgan fingerprint density at radius 2 is 2.09 bits per heavy atom. The van der Waals surface area contributed by atoms with Gasteiger partial charge in [0.05, 0.1) is 17.1 Å². The van der Waals surface area contributed by atoms with Gasteiger partial charge in [0, 0.05) is 37.1 Å². The minimum Gasteiger partial charge on any atom is -0.462 e. The molecule has 2 aliphatic heterocycles. The van der Waals surface area contributed by atoms with E-state index in [1.54, 1.807) is 26.0 Å². The summed E-state index contributed by atoms with van der Waals surface area (Å²) in [4.78, 5) is 20.3. The van der Waals surface area contributed by atoms with Gasteiger partial charge in [-0.1, -0.05) is 30.7 Å². The highest BCUT2D eigenvalue weighted by Gasteiger charge is 2.35. The van der Waals surface area contributed by atoms with Crippen molar-refractivity contribution in [3.05, 3.63) is 53.1 Å². The summed E-state index contributed by atoms with van der Waals surface area (Å²) in [5.41, 5.74) is 0.675. The second kappa shape index (κ2) is 10.6. The monoisotopic (exact) mass is 499 g/mol. The molecule has 1 fully saturated rings. The molecule has 0 spiro atoms. The van der Waals surface area contributed by atoms with Crippen LogP contribution in [0.2, 0.25) is 5.02 Å². The fourth-order valence-corrected chi connectivity index (χ4v) is 4.99. The lowest BCUT2D eigenvalue weighted by Gasteiger charge is -2.38. The molecule has 35 heavy (non-hydrogen) atoms. The Morgan fingerprint density at radius 3 is 2.83 bits per heavy atom. The van der Waals surface area contributed by atoms with Crippen molar-refractivity contribution in [1.82, 2.24) is 10.2 Å². The number of fused-ring (bicyclic) bond motifs is 2. The summed E-state index contributed by atoms with van der Waals surface area (Å²) in [5, 5.41) is 14.2. The molecule has 0 bridgehead atoms. The molecule has 0 aliphatic carbocycles. The summed E-state index contributed by atoms with van der Waals surface area (Å²) < 4.78 is 11.9. The van der Waals surface area contributed by atoms with E-state index in [-0.39, 0.29) is 24.0 Å². The summed E-state index contributed by atoms with van der Waals surface area (Å²) in [6.45, 7) is 9.29. The van der Waals surface area contributed by atoms with Crippen molar-refractivity contribution in [1.29, 1.82) is 0 Å². The number of para-hydroxylation sites is 1. The van der Waals surface area contributed by atoms with Crippen LogP contribution in [0.5, 0.6) is 11.5 Å². The third-order valence-corrected chi connectivity index (χ3v) is 6.57. The first kappa shape index (κ1) is 25.5. The van der Waals surface area contributed by atoms with Crippen LogP contribution >= 0.6 is 11.6 Å². The van der Waals surface area contributed by atoms with Crippen LogP contribution in [0.25, 0.3) is 0 Å². The quantitative estimate of drug-likeness (QED) is 0.549. The zero-order chi connectivity index (χ0) is 25.2. The number of halogens is 1. The van der Waals surface area contributed by atoms with Gasteiger partial charge in [0.1, 0.15) is 23.4 Å². The second-order valence-electron chi connectivity index (χ2n) is 9.93. The molecule has 2 heterocycles. The van der Waals surface area contributed by atoms with Gasteiger partial charge in [-0.3, -0.25) is 4.79 Å². The first-order valence-corrected chi connectivity index (χ1v) is 12.6. The van der Waals surface area contributed by atoms with Crippen LogP contribution in [0.4, 0.5) is 5.69 Å². The Kier molecular flexibility index (Phi) is 7.69. The zero-order valence-corrected chi connectivity index (χ0v) is 21.5. The predicted molar refractivity (Wildman–Crippen MR) is 138 cm³/mol. The molecule has 7 nitrogen and oxygen atoms in total. The van der Waals surface area contributed by atoms with Crippen LogP contribution in [-0.2, 0) is 9.53 Å². The molecule has 1 saturated heterocycles. The minimum atomic E-state index is -0.895. The molecule has 1 unspecified atom stereocenters. The number of carbonyl (C=O) groups is 1. The van der Waals surface area contributed by atoms with E-state index in [9.17, 15) is 9.90 Å². The van der Waals surface area contributed by atoms with Gasteiger partial charge in [-0.05, 0) is 57.5 Å². The summed E-state index contributed by atoms with van der Waals surface area (Å²) in [6, 6.07) is 13.2. The lowest BCUT2D eigenvalue weighted by molar-refractivity contribution is -0.157. The number of aliphatic hydroxyl groups is 1. The molecule has 2 aromatic rings. The lowest BCUT2D eigenvalue weighted by Crippen LogP contribution is -2.57. The van der Waals surface area contributed by atoms with Crippen LogP contribution in [-0.4, -0.2) is 59.2 Å². The maximum Gasteiger partial charge on any atom is 0.310 e. The van der Waals surface area contributed by atoms with Crippen molar-refractivity contribution in [2.45, 2.75) is 58.3 Å². The number of esters is 1. The lowest BCUT2D eigenvalue weighted by atomic mass is 9.94. The van der Waals surface area contributed by atoms with Gasteiger partial charge in [0.25, 0.3) is 0 Å². The molecule has 0 aromatic heterocycles. The number of nitrogens with one attached hydrogen (secondary N) is 1. The van der Waals surface area contributed by atoms with Gasteiger partial charge >= 0.3 is 5.97 Å². The molecule has 0 amide bonds. The predicted octanol–water partition coefficient (Wildman–Crippen LogP) is 4.92. The number of hydrogen-bond acceptors (Lipinski definition) is 7. The van der Waals surface area contributed by atoms with E-state index < -0.39 is 5.60 Å². The van der Waals surface area contributed by atoms with E-state index in [1.165, 1.54) is 0 Å². The Hall–Kier alpha value is -2.61. The smallest absolute Gasteiger partial charge is 0.310 e. The number of nitrogens with zero attached hydrogens (tertiary/aromatic N) is 2. The highest BCUT2D eigenvalue weighted by atomic mass is 35.5. The van der Waals surface area contributed by atoms with Gasteiger partial charge in [-0.25, -0.2) is 4.99 Å². The fraction of sp³-hybridized carbons (Fsp3) is 0.481. The van der Waals surface area contributed by atoms with Crippen molar-refractivity contribution in [3.8, 4) is 11.5 Å². The van der Waals surface area contributed by atoms with Gasteiger partial charge in [-0.15, -0.1) is 0 Å². The number of benzene rings is 2. The Bertz CT molecular complexity index is 1100. The summed E-state index contributed by atoms with van der Waals surface area (Å²) in [6.07, 6.45) is 0.659. The van der Waals surface area contributed by atoms with E-state index in [0.29, 0.717) is 42.4 Å². The molecule has 188 valence electrons. The molecular weight excluding hydrogens is 466 g/mol. The summed E-state index contributed by atoms with van der Waals surface area (Å²) in [7, 11) is 0. The van der Waals surface area contributed by atoms with Crippen molar-refractivity contribution in [2.75, 3.05) is 19.6 Å². The first-order valence-electron chi connectivity index (χ1n) is 12.2. The third-order valence-electron chi connectivity index (χ3n) is 6.33. The molecule has 0 saturated carbocycles. The van der Waals surface area contributed by atoms with E-state index in [2.05, 4.69) is 10.2 Å².